The van der Waals surface area contributed by atoms with E-state index in [0.717, 1.165) is 18.9 Å². The lowest BCUT2D eigenvalue weighted by atomic mass is 10.1. The van der Waals surface area contributed by atoms with Gasteiger partial charge in [0.05, 0.1) is 0 Å². The molecule has 1 N–H and O–H groups in total. The minimum Gasteiger partial charge on any atom is -0.319 e. The van der Waals surface area contributed by atoms with Crippen LogP contribution >= 0.6 is 0 Å². The van der Waals surface area contributed by atoms with Crippen LogP contribution in [0.3, 0.4) is 0 Å². The molecule has 0 aromatic heterocycles. The zero-order valence-corrected chi connectivity index (χ0v) is 8.22. The van der Waals surface area contributed by atoms with E-state index in [1.165, 1.54) is 18.4 Å². The summed E-state index contributed by atoms with van der Waals surface area (Å²) in [6.07, 6.45) is 3.95. The molecule has 0 aliphatic heterocycles. The molecule has 0 unspecified atom stereocenters. The Bertz CT molecular complexity index is 276. The Balaban J connectivity index is 2.03. The molecular formula is C12H17N. The summed E-state index contributed by atoms with van der Waals surface area (Å²) in [6, 6.07) is 9.05. The fourth-order valence-electron chi connectivity index (χ4n) is 1.69. The van der Waals surface area contributed by atoms with E-state index in [-0.39, 0.29) is 0 Å². The first kappa shape index (κ1) is 8.76. The van der Waals surface area contributed by atoms with Gasteiger partial charge in [0.1, 0.15) is 0 Å². The second-order valence-corrected chi connectivity index (χ2v) is 3.87. The largest absolute Gasteiger partial charge is 0.319 e. The van der Waals surface area contributed by atoms with Crippen molar-refractivity contribution in [3.05, 3.63) is 35.4 Å². The van der Waals surface area contributed by atoms with Crippen molar-refractivity contribution < 1.29 is 0 Å². The van der Waals surface area contributed by atoms with Gasteiger partial charge in [0.2, 0.25) is 0 Å². The van der Waals surface area contributed by atoms with E-state index < -0.39 is 0 Å². The zero-order chi connectivity index (χ0) is 9.10. The molecule has 1 aromatic carbocycles. The number of hydrogen-bond donors (Lipinski definition) is 1. The summed E-state index contributed by atoms with van der Waals surface area (Å²) in [6.45, 7) is 1.08. The van der Waals surface area contributed by atoms with Gasteiger partial charge in [0.15, 0.2) is 0 Å². The predicted octanol–water partition coefficient (Wildman–Crippen LogP) is 2.33. The molecule has 0 amide bonds. The fraction of sp³-hybridized carbons (Fsp3) is 0.500. The Morgan fingerprint density at radius 3 is 2.92 bits per heavy atom. The van der Waals surface area contributed by atoms with Crippen molar-refractivity contribution >= 4 is 0 Å². The van der Waals surface area contributed by atoms with Gasteiger partial charge in [-0.25, -0.2) is 0 Å². The van der Waals surface area contributed by atoms with Crippen molar-refractivity contribution in [1.29, 1.82) is 0 Å². The first-order valence-corrected chi connectivity index (χ1v) is 5.13. The van der Waals surface area contributed by atoms with Crippen molar-refractivity contribution in [2.45, 2.75) is 25.2 Å². The summed E-state index contributed by atoms with van der Waals surface area (Å²) in [5.41, 5.74) is 3.02. The van der Waals surface area contributed by atoms with Gasteiger partial charge in [-0.05, 0) is 49.9 Å². The molecule has 1 heteroatoms. The van der Waals surface area contributed by atoms with Crippen LogP contribution in [0.2, 0.25) is 0 Å². The molecule has 0 heterocycles. The minimum atomic E-state index is 0.884. The standard InChI is InChI=1S/C12H17N/c1-13-8-7-10-3-2-4-12(9-10)11-5-6-11/h2-4,9,11,13H,5-8H2,1H3. The van der Waals surface area contributed by atoms with Gasteiger partial charge in [-0.15, -0.1) is 0 Å². The van der Waals surface area contributed by atoms with Crippen LogP contribution in [-0.4, -0.2) is 13.6 Å². The average Bonchev–Trinajstić information content (AvgIpc) is 2.98. The van der Waals surface area contributed by atoms with Crippen molar-refractivity contribution in [3.63, 3.8) is 0 Å². The van der Waals surface area contributed by atoms with E-state index in [1.807, 2.05) is 7.05 Å². The molecule has 1 aliphatic carbocycles. The lowest BCUT2D eigenvalue weighted by Crippen LogP contribution is -2.10. The van der Waals surface area contributed by atoms with Crippen LogP contribution in [0, 0.1) is 0 Å². The third-order valence-electron chi connectivity index (χ3n) is 2.66. The number of benzene rings is 1. The maximum Gasteiger partial charge on any atom is -0.00114 e. The Kier molecular flexibility index (Phi) is 2.65. The van der Waals surface area contributed by atoms with E-state index in [9.17, 15) is 0 Å². The van der Waals surface area contributed by atoms with Crippen LogP contribution in [0.4, 0.5) is 0 Å². The van der Waals surface area contributed by atoms with Crippen LogP contribution in [0.5, 0.6) is 0 Å². The van der Waals surface area contributed by atoms with Gasteiger partial charge in [-0.3, -0.25) is 0 Å². The summed E-state index contributed by atoms with van der Waals surface area (Å²) in [5, 5.41) is 3.18. The third kappa shape index (κ3) is 2.31. The lowest BCUT2D eigenvalue weighted by molar-refractivity contribution is 0.790. The van der Waals surface area contributed by atoms with Gasteiger partial charge < -0.3 is 5.32 Å². The van der Waals surface area contributed by atoms with Crippen LogP contribution in [0.1, 0.15) is 29.9 Å². The van der Waals surface area contributed by atoms with Crippen molar-refractivity contribution in [1.82, 2.24) is 5.32 Å². The highest BCUT2D eigenvalue weighted by atomic mass is 14.8. The number of nitrogens with one attached hydrogen (secondary N) is 1. The normalized spacial score (nSPS) is 16.1. The monoisotopic (exact) mass is 175 g/mol. The lowest BCUT2D eigenvalue weighted by Gasteiger charge is -2.03. The first-order chi connectivity index (χ1) is 6.40. The Morgan fingerprint density at radius 2 is 2.23 bits per heavy atom. The number of rotatable bonds is 4. The molecule has 1 nitrogen and oxygen atoms in total. The Labute approximate surface area is 80.2 Å². The van der Waals surface area contributed by atoms with Gasteiger partial charge in [0.25, 0.3) is 0 Å². The molecule has 1 fully saturated rings. The van der Waals surface area contributed by atoms with Gasteiger partial charge in [0, 0.05) is 0 Å². The zero-order valence-electron chi connectivity index (χ0n) is 8.22. The van der Waals surface area contributed by atoms with Crippen molar-refractivity contribution in [2.24, 2.45) is 0 Å². The third-order valence-corrected chi connectivity index (χ3v) is 2.66. The van der Waals surface area contributed by atoms with Crippen LogP contribution < -0.4 is 5.32 Å². The Hall–Kier alpha value is -0.820. The first-order valence-electron chi connectivity index (χ1n) is 5.13. The van der Waals surface area contributed by atoms with E-state index in [1.54, 1.807) is 5.56 Å². The van der Waals surface area contributed by atoms with Crippen LogP contribution in [0.25, 0.3) is 0 Å². The van der Waals surface area contributed by atoms with E-state index in [4.69, 9.17) is 0 Å². The van der Waals surface area contributed by atoms with Gasteiger partial charge in [-0.2, -0.15) is 0 Å². The summed E-state index contributed by atoms with van der Waals surface area (Å²) in [4.78, 5) is 0. The second kappa shape index (κ2) is 3.93. The molecule has 1 aliphatic rings. The smallest absolute Gasteiger partial charge is 0.00114 e. The fourth-order valence-corrected chi connectivity index (χ4v) is 1.69. The van der Waals surface area contributed by atoms with E-state index in [0.29, 0.717) is 0 Å². The van der Waals surface area contributed by atoms with Crippen molar-refractivity contribution in [2.75, 3.05) is 13.6 Å². The summed E-state index contributed by atoms with van der Waals surface area (Å²) in [5.74, 6) is 0.884. The molecule has 0 radical (unpaired) electrons. The van der Waals surface area contributed by atoms with E-state index in [2.05, 4.69) is 29.6 Å². The molecular weight excluding hydrogens is 158 g/mol. The molecule has 1 saturated carbocycles. The molecule has 0 atom stereocenters. The highest BCUT2D eigenvalue weighted by Gasteiger charge is 2.23. The number of likely N-dealkylation sites (N-methyl/N-ethyl adjacent to an activating group) is 1. The highest BCUT2D eigenvalue weighted by Crippen LogP contribution is 2.40. The SMILES string of the molecule is CNCCc1cccc(C2CC2)c1. The van der Waals surface area contributed by atoms with E-state index >= 15 is 0 Å². The molecule has 70 valence electrons. The summed E-state index contributed by atoms with van der Waals surface area (Å²) < 4.78 is 0. The Morgan fingerprint density at radius 1 is 1.38 bits per heavy atom. The molecule has 2 rings (SSSR count). The molecule has 13 heavy (non-hydrogen) atoms. The van der Waals surface area contributed by atoms with Crippen molar-refractivity contribution in [3.8, 4) is 0 Å². The quantitative estimate of drug-likeness (QED) is 0.740. The minimum absolute atomic E-state index is 0.884. The number of hydrogen-bond acceptors (Lipinski definition) is 1. The maximum atomic E-state index is 3.18. The summed E-state index contributed by atoms with van der Waals surface area (Å²) in [7, 11) is 2.00. The van der Waals surface area contributed by atoms with Gasteiger partial charge in [-0.1, -0.05) is 24.3 Å². The highest BCUT2D eigenvalue weighted by molar-refractivity contribution is 5.29. The molecule has 0 saturated heterocycles. The molecule has 0 spiro atoms. The second-order valence-electron chi connectivity index (χ2n) is 3.87. The average molecular weight is 175 g/mol. The topological polar surface area (TPSA) is 12.0 Å². The predicted molar refractivity (Wildman–Crippen MR) is 56.0 cm³/mol. The van der Waals surface area contributed by atoms with Crippen LogP contribution in [0.15, 0.2) is 24.3 Å². The summed E-state index contributed by atoms with van der Waals surface area (Å²) >= 11 is 0. The van der Waals surface area contributed by atoms with Crippen LogP contribution in [-0.2, 0) is 6.42 Å². The molecule has 0 bridgehead atoms. The maximum absolute atomic E-state index is 3.18. The van der Waals surface area contributed by atoms with Gasteiger partial charge >= 0.3 is 0 Å². The molecule has 1 aromatic rings.